The fraction of sp³-hybridized carbons (Fsp3) is 0.381. The Morgan fingerprint density at radius 3 is 2.58 bits per heavy atom. The van der Waals surface area contributed by atoms with Crippen LogP contribution in [-0.2, 0) is 31.9 Å². The van der Waals surface area contributed by atoms with E-state index < -0.39 is 44.4 Å². The predicted molar refractivity (Wildman–Crippen MR) is 139 cm³/mol. The molecular weight excluding hydrogens is 580 g/mol. The van der Waals surface area contributed by atoms with Crippen LogP contribution < -0.4 is 5.48 Å². The number of nitrogens with zero attached hydrogens (tertiary/aromatic N) is 5. The Kier molecular flexibility index (Phi) is 8.85. The Morgan fingerprint density at radius 1 is 1.18 bits per heavy atom. The molecule has 206 valence electrons. The van der Waals surface area contributed by atoms with Crippen molar-refractivity contribution < 1.29 is 31.2 Å². The SMILES string of the molecule is Cn1cnnc1SCCCS(=O)(=O)N1CCN(S(=O)(=O)c2ccc(-c3ccc(F)cc3)s2)[C@@H](C(=O)NO)C1. The van der Waals surface area contributed by atoms with Gasteiger partial charge in [-0.05, 0) is 36.2 Å². The molecule has 1 fully saturated rings. The maximum Gasteiger partial charge on any atom is 0.263 e. The topological polar surface area (TPSA) is 155 Å². The Morgan fingerprint density at radius 2 is 1.92 bits per heavy atom. The molecule has 0 saturated carbocycles. The predicted octanol–water partition coefficient (Wildman–Crippen LogP) is 1.38. The van der Waals surface area contributed by atoms with Crippen LogP contribution in [0.25, 0.3) is 10.4 Å². The van der Waals surface area contributed by atoms with Crippen LogP contribution in [0.4, 0.5) is 4.39 Å². The molecule has 0 bridgehead atoms. The molecule has 1 amide bonds. The first-order valence-corrected chi connectivity index (χ1v) is 16.1. The number of aryl methyl sites for hydroxylation is 1. The van der Waals surface area contributed by atoms with Gasteiger partial charge in [0.05, 0.1) is 5.75 Å². The first-order chi connectivity index (χ1) is 18.0. The maximum atomic E-state index is 13.5. The summed E-state index contributed by atoms with van der Waals surface area (Å²) >= 11 is 2.30. The van der Waals surface area contributed by atoms with Gasteiger partial charge in [-0.2, -0.15) is 8.61 Å². The minimum Gasteiger partial charge on any atom is -0.312 e. The van der Waals surface area contributed by atoms with Crippen LogP contribution in [0, 0.1) is 5.82 Å². The van der Waals surface area contributed by atoms with Gasteiger partial charge in [-0.1, -0.05) is 23.9 Å². The summed E-state index contributed by atoms with van der Waals surface area (Å²) in [6, 6.07) is 7.05. The summed E-state index contributed by atoms with van der Waals surface area (Å²) in [4.78, 5) is 13.0. The summed E-state index contributed by atoms with van der Waals surface area (Å²) < 4.78 is 69.7. The highest BCUT2D eigenvalue weighted by atomic mass is 32.2. The minimum absolute atomic E-state index is 0.0651. The van der Waals surface area contributed by atoms with E-state index in [0.717, 1.165) is 19.9 Å². The number of piperazine rings is 1. The van der Waals surface area contributed by atoms with Crippen LogP contribution in [0.3, 0.4) is 0 Å². The molecule has 1 atom stereocenters. The lowest BCUT2D eigenvalue weighted by Gasteiger charge is -2.38. The number of hydrogen-bond acceptors (Lipinski definition) is 10. The van der Waals surface area contributed by atoms with Crippen LogP contribution in [0.1, 0.15) is 6.42 Å². The third-order valence-corrected chi connectivity index (χ3v) is 12.4. The molecular formula is C21H25FN6O6S4. The number of carbonyl (C=O) groups excluding carboxylic acids is 1. The second kappa shape index (κ2) is 11.8. The van der Waals surface area contributed by atoms with Gasteiger partial charge in [0.2, 0.25) is 10.0 Å². The molecule has 2 N–H and O–H groups in total. The molecule has 1 aliphatic rings. The van der Waals surface area contributed by atoms with Gasteiger partial charge < -0.3 is 4.57 Å². The lowest BCUT2D eigenvalue weighted by molar-refractivity contribution is -0.134. The standard InChI is InChI=1S/C21H25FN6O6S4/c1-26-14-23-24-21(26)35-11-2-12-37(31,32)27-9-10-28(17(13-27)20(29)25-30)38(33,34)19-8-7-18(36-19)15-3-5-16(22)6-4-15/h3-8,14,17,30H,2,9-13H2,1H3,(H,25,29)/t17-/m1/s1. The molecule has 1 aliphatic heterocycles. The number of nitrogens with one attached hydrogen (secondary N) is 1. The van der Waals surface area contributed by atoms with Crippen LogP contribution in [0.15, 0.2) is 52.1 Å². The fourth-order valence-electron chi connectivity index (χ4n) is 3.85. The number of halogens is 1. The average Bonchev–Trinajstić information content (AvgIpc) is 3.56. The first-order valence-electron chi connectivity index (χ1n) is 11.3. The molecule has 2 aromatic heterocycles. The Hall–Kier alpha value is -2.41. The van der Waals surface area contributed by atoms with Gasteiger partial charge >= 0.3 is 0 Å². The summed E-state index contributed by atoms with van der Waals surface area (Å²) in [5.74, 6) is -1.20. The number of thioether (sulfide) groups is 1. The molecule has 3 aromatic rings. The Bertz CT molecular complexity index is 1490. The van der Waals surface area contributed by atoms with Gasteiger partial charge in [-0.25, -0.2) is 26.7 Å². The van der Waals surface area contributed by atoms with Crippen molar-refractivity contribution in [3.63, 3.8) is 0 Å². The summed E-state index contributed by atoms with van der Waals surface area (Å²) in [5.41, 5.74) is 2.07. The number of hydrogen-bond donors (Lipinski definition) is 2. The number of rotatable bonds is 10. The molecule has 4 rings (SSSR count). The Labute approximate surface area is 227 Å². The second-order valence-electron chi connectivity index (χ2n) is 8.33. The number of aromatic nitrogens is 3. The molecule has 0 spiro atoms. The zero-order valence-corrected chi connectivity index (χ0v) is 23.4. The fourth-order valence-corrected chi connectivity index (χ4v) is 9.37. The van der Waals surface area contributed by atoms with Gasteiger partial charge in [0.1, 0.15) is 22.4 Å². The molecule has 0 aliphatic carbocycles. The molecule has 0 radical (unpaired) electrons. The van der Waals surface area contributed by atoms with Crippen LogP contribution in [0.2, 0.25) is 0 Å². The number of amides is 1. The van der Waals surface area contributed by atoms with E-state index in [1.54, 1.807) is 24.0 Å². The van der Waals surface area contributed by atoms with Crippen LogP contribution in [-0.4, -0.2) is 88.5 Å². The third-order valence-electron chi connectivity index (χ3n) is 5.82. The van der Waals surface area contributed by atoms with E-state index in [4.69, 9.17) is 0 Å². The smallest absolute Gasteiger partial charge is 0.263 e. The van der Waals surface area contributed by atoms with E-state index in [1.165, 1.54) is 47.6 Å². The van der Waals surface area contributed by atoms with E-state index >= 15 is 0 Å². The van der Waals surface area contributed by atoms with Crippen molar-refractivity contribution in [2.75, 3.05) is 31.1 Å². The zero-order chi connectivity index (χ0) is 27.5. The number of thiophene rings is 1. The van der Waals surface area contributed by atoms with Gasteiger partial charge in [-0.3, -0.25) is 10.0 Å². The van der Waals surface area contributed by atoms with E-state index in [1.807, 2.05) is 0 Å². The lowest BCUT2D eigenvalue weighted by atomic mass is 10.2. The maximum absolute atomic E-state index is 13.5. The van der Waals surface area contributed by atoms with Crippen molar-refractivity contribution in [3.05, 3.63) is 48.5 Å². The number of benzene rings is 1. The molecule has 3 heterocycles. The summed E-state index contributed by atoms with van der Waals surface area (Å²) in [7, 11) is -6.25. The minimum atomic E-state index is -4.21. The second-order valence-corrected chi connectivity index (χ2v) is 14.7. The normalized spacial score (nSPS) is 17.5. The van der Waals surface area contributed by atoms with Crippen molar-refractivity contribution in [1.82, 2.24) is 28.9 Å². The quantitative estimate of drug-likeness (QED) is 0.151. The largest absolute Gasteiger partial charge is 0.312 e. The molecule has 1 saturated heterocycles. The van der Waals surface area contributed by atoms with Crippen molar-refractivity contribution in [2.45, 2.75) is 21.8 Å². The van der Waals surface area contributed by atoms with E-state index in [9.17, 15) is 31.2 Å². The highest BCUT2D eigenvalue weighted by Crippen LogP contribution is 2.34. The summed E-state index contributed by atoms with van der Waals surface area (Å²) in [6.45, 7) is -0.874. The third kappa shape index (κ3) is 6.24. The van der Waals surface area contributed by atoms with Crippen LogP contribution in [0.5, 0.6) is 0 Å². The van der Waals surface area contributed by atoms with Gasteiger partial charge in [0.25, 0.3) is 15.9 Å². The number of carbonyl (C=O) groups is 1. The zero-order valence-electron chi connectivity index (χ0n) is 20.1. The van der Waals surface area contributed by atoms with Crippen molar-refractivity contribution in [1.29, 1.82) is 0 Å². The van der Waals surface area contributed by atoms with E-state index in [0.29, 0.717) is 27.8 Å². The molecule has 38 heavy (non-hydrogen) atoms. The van der Waals surface area contributed by atoms with Crippen molar-refractivity contribution in [2.24, 2.45) is 7.05 Å². The highest BCUT2D eigenvalue weighted by Gasteiger charge is 2.43. The monoisotopic (exact) mass is 604 g/mol. The van der Waals surface area contributed by atoms with Gasteiger partial charge in [0, 0.05) is 37.3 Å². The molecule has 17 heteroatoms. The van der Waals surface area contributed by atoms with Crippen molar-refractivity contribution >= 4 is 49.1 Å². The van der Waals surface area contributed by atoms with Crippen LogP contribution >= 0.6 is 23.1 Å². The molecule has 1 aromatic carbocycles. The first kappa shape index (κ1) is 28.6. The summed E-state index contributed by atoms with van der Waals surface area (Å²) in [5, 5.41) is 17.6. The van der Waals surface area contributed by atoms with E-state index in [2.05, 4.69) is 10.2 Å². The van der Waals surface area contributed by atoms with Gasteiger partial charge in [-0.15, -0.1) is 21.5 Å². The Balaban J connectivity index is 1.46. The van der Waals surface area contributed by atoms with E-state index in [-0.39, 0.29) is 23.1 Å². The molecule has 0 unspecified atom stereocenters. The summed E-state index contributed by atoms with van der Waals surface area (Å²) in [6.07, 6.45) is 1.84. The molecule has 12 nitrogen and oxygen atoms in total. The average molecular weight is 605 g/mol. The van der Waals surface area contributed by atoms with Crippen molar-refractivity contribution in [3.8, 4) is 10.4 Å². The number of sulfonamides is 2. The lowest BCUT2D eigenvalue weighted by Crippen LogP contribution is -2.61. The van der Waals surface area contributed by atoms with Gasteiger partial charge in [0.15, 0.2) is 5.16 Å². The highest BCUT2D eigenvalue weighted by molar-refractivity contribution is 7.99. The number of hydroxylamine groups is 1.